The Bertz CT molecular complexity index is 466. The van der Waals surface area contributed by atoms with E-state index in [1.165, 1.54) is 13.0 Å². The maximum Gasteiger partial charge on any atom is 0.319 e. The van der Waals surface area contributed by atoms with E-state index in [0.717, 1.165) is 0 Å². The van der Waals surface area contributed by atoms with Gasteiger partial charge in [0, 0.05) is 11.3 Å². The number of hydrogen-bond donors (Lipinski definition) is 3. The van der Waals surface area contributed by atoms with Crippen LogP contribution in [0.25, 0.3) is 0 Å². The number of halogens is 2. The van der Waals surface area contributed by atoms with Crippen LogP contribution in [-0.4, -0.2) is 36.0 Å². The van der Waals surface area contributed by atoms with E-state index >= 15 is 0 Å². The van der Waals surface area contributed by atoms with Crippen molar-refractivity contribution < 1.29 is 23.5 Å². The minimum Gasteiger partial charge on any atom is -0.385 e. The zero-order chi connectivity index (χ0) is 14.4. The van der Waals surface area contributed by atoms with Crippen molar-refractivity contribution in [2.45, 2.75) is 19.5 Å². The van der Waals surface area contributed by atoms with Crippen molar-refractivity contribution in [1.82, 2.24) is 5.32 Å². The molecule has 1 rings (SSSR count). The van der Waals surface area contributed by atoms with Crippen LogP contribution in [0, 0.1) is 0 Å². The molecular formula is C12H14F2N2O3. The van der Waals surface area contributed by atoms with E-state index in [4.69, 9.17) is 5.11 Å². The number of benzene rings is 1. The predicted molar refractivity (Wildman–Crippen MR) is 65.5 cm³/mol. The largest absolute Gasteiger partial charge is 0.385 e. The molecule has 0 aromatic heterocycles. The Hall–Kier alpha value is -2.02. The summed E-state index contributed by atoms with van der Waals surface area (Å²) in [5.74, 6) is -0.155. The lowest BCUT2D eigenvalue weighted by molar-refractivity contribution is -0.00155. The van der Waals surface area contributed by atoms with Gasteiger partial charge in [0.15, 0.2) is 5.78 Å². The number of hydrogen-bond acceptors (Lipinski definition) is 3. The van der Waals surface area contributed by atoms with Gasteiger partial charge in [-0.1, -0.05) is 12.1 Å². The second-order valence-electron chi connectivity index (χ2n) is 3.87. The fourth-order valence-corrected chi connectivity index (χ4v) is 1.28. The molecule has 0 radical (unpaired) electrons. The fourth-order valence-electron chi connectivity index (χ4n) is 1.28. The summed E-state index contributed by atoms with van der Waals surface area (Å²) >= 11 is 0. The zero-order valence-corrected chi connectivity index (χ0v) is 10.2. The monoisotopic (exact) mass is 272 g/mol. The van der Waals surface area contributed by atoms with E-state index < -0.39 is 25.1 Å². The molecule has 7 heteroatoms. The zero-order valence-electron chi connectivity index (χ0n) is 10.2. The van der Waals surface area contributed by atoms with Crippen molar-refractivity contribution in [2.75, 3.05) is 11.9 Å². The van der Waals surface area contributed by atoms with Gasteiger partial charge in [-0.25, -0.2) is 13.6 Å². The highest BCUT2D eigenvalue weighted by atomic mass is 19.3. The molecule has 0 aliphatic carbocycles. The number of amides is 2. The van der Waals surface area contributed by atoms with Crippen LogP contribution in [0.3, 0.4) is 0 Å². The molecule has 0 aliphatic rings. The van der Waals surface area contributed by atoms with Gasteiger partial charge in [-0.15, -0.1) is 0 Å². The minimum atomic E-state index is -2.92. The number of carbonyl (C=O) groups is 2. The van der Waals surface area contributed by atoms with E-state index in [-0.39, 0.29) is 5.78 Å². The second-order valence-corrected chi connectivity index (χ2v) is 3.87. The Balaban J connectivity index is 2.53. The van der Waals surface area contributed by atoms with Crippen LogP contribution in [0.2, 0.25) is 0 Å². The van der Waals surface area contributed by atoms with Crippen LogP contribution in [-0.2, 0) is 0 Å². The first-order valence-corrected chi connectivity index (χ1v) is 5.52. The van der Waals surface area contributed by atoms with Crippen LogP contribution >= 0.6 is 0 Å². The van der Waals surface area contributed by atoms with Crippen molar-refractivity contribution in [1.29, 1.82) is 0 Å². The van der Waals surface area contributed by atoms with Gasteiger partial charge in [0.25, 0.3) is 6.43 Å². The van der Waals surface area contributed by atoms with Crippen LogP contribution in [0.4, 0.5) is 19.3 Å². The van der Waals surface area contributed by atoms with Crippen LogP contribution in [0.15, 0.2) is 24.3 Å². The molecule has 1 unspecified atom stereocenters. The number of aliphatic hydroxyl groups is 1. The second kappa shape index (κ2) is 6.79. The van der Waals surface area contributed by atoms with Crippen molar-refractivity contribution in [3.8, 4) is 0 Å². The number of aliphatic hydroxyl groups excluding tert-OH is 1. The Morgan fingerprint density at radius 1 is 1.37 bits per heavy atom. The lowest BCUT2D eigenvalue weighted by Gasteiger charge is -2.11. The maximum absolute atomic E-state index is 12.0. The molecule has 0 bridgehead atoms. The molecule has 0 spiro atoms. The molecule has 0 heterocycles. The standard InChI is InChI=1S/C12H14F2N2O3/c1-7(17)8-3-2-4-9(5-8)16-12(19)15-6-10(18)11(13)14/h2-5,10-11,18H,6H2,1H3,(H2,15,16,19). The highest BCUT2D eigenvalue weighted by Gasteiger charge is 2.17. The summed E-state index contributed by atoms with van der Waals surface area (Å²) in [4.78, 5) is 22.5. The summed E-state index contributed by atoms with van der Waals surface area (Å²) < 4.78 is 24.0. The SMILES string of the molecule is CC(=O)c1cccc(NC(=O)NCC(O)C(F)F)c1. The van der Waals surface area contributed by atoms with Gasteiger partial charge < -0.3 is 15.7 Å². The molecule has 19 heavy (non-hydrogen) atoms. The summed E-state index contributed by atoms with van der Waals surface area (Å²) in [6.45, 7) is 0.827. The summed E-state index contributed by atoms with van der Waals surface area (Å²) in [6.07, 6.45) is -4.82. The molecule has 0 saturated heterocycles. The highest BCUT2D eigenvalue weighted by Crippen LogP contribution is 2.11. The van der Waals surface area contributed by atoms with Gasteiger partial charge >= 0.3 is 6.03 Å². The van der Waals surface area contributed by atoms with E-state index in [0.29, 0.717) is 11.3 Å². The van der Waals surface area contributed by atoms with Gasteiger partial charge in [0.1, 0.15) is 6.10 Å². The summed E-state index contributed by atoms with van der Waals surface area (Å²) in [5.41, 5.74) is 0.780. The smallest absolute Gasteiger partial charge is 0.319 e. The van der Waals surface area contributed by atoms with Crippen molar-refractivity contribution in [3.05, 3.63) is 29.8 Å². The normalized spacial score (nSPS) is 12.1. The average Bonchev–Trinajstić information content (AvgIpc) is 2.36. The molecule has 0 saturated carbocycles. The number of urea groups is 1. The van der Waals surface area contributed by atoms with Gasteiger partial charge in [-0.05, 0) is 19.1 Å². The van der Waals surface area contributed by atoms with Crippen LogP contribution < -0.4 is 10.6 Å². The molecule has 1 atom stereocenters. The number of rotatable bonds is 5. The first-order chi connectivity index (χ1) is 8.90. The Labute approximate surface area is 108 Å². The van der Waals surface area contributed by atoms with Gasteiger partial charge in [0.05, 0.1) is 6.54 Å². The number of ketones is 1. The predicted octanol–water partition coefficient (Wildman–Crippen LogP) is 1.64. The van der Waals surface area contributed by atoms with Crippen molar-refractivity contribution in [2.24, 2.45) is 0 Å². The van der Waals surface area contributed by atoms with Crippen molar-refractivity contribution in [3.63, 3.8) is 0 Å². The average molecular weight is 272 g/mol. The topological polar surface area (TPSA) is 78.4 Å². The fraction of sp³-hybridized carbons (Fsp3) is 0.333. The Morgan fingerprint density at radius 3 is 2.63 bits per heavy atom. The quantitative estimate of drug-likeness (QED) is 0.713. The van der Waals surface area contributed by atoms with E-state index in [1.54, 1.807) is 18.2 Å². The molecule has 1 aromatic carbocycles. The van der Waals surface area contributed by atoms with Crippen LogP contribution in [0.1, 0.15) is 17.3 Å². The van der Waals surface area contributed by atoms with E-state index in [1.807, 2.05) is 0 Å². The van der Waals surface area contributed by atoms with Crippen molar-refractivity contribution >= 4 is 17.5 Å². The van der Waals surface area contributed by atoms with Gasteiger partial charge in [-0.3, -0.25) is 4.79 Å². The van der Waals surface area contributed by atoms with Gasteiger partial charge in [-0.2, -0.15) is 0 Å². The van der Waals surface area contributed by atoms with E-state index in [2.05, 4.69) is 10.6 Å². The van der Waals surface area contributed by atoms with E-state index in [9.17, 15) is 18.4 Å². The summed E-state index contributed by atoms with van der Waals surface area (Å²) in [6, 6.07) is 5.45. The summed E-state index contributed by atoms with van der Waals surface area (Å²) in [7, 11) is 0. The third-order valence-electron chi connectivity index (χ3n) is 2.29. The lowest BCUT2D eigenvalue weighted by Crippen LogP contribution is -2.38. The molecular weight excluding hydrogens is 258 g/mol. The number of anilines is 1. The minimum absolute atomic E-state index is 0.155. The first kappa shape index (κ1) is 15.0. The number of carbonyl (C=O) groups excluding carboxylic acids is 2. The van der Waals surface area contributed by atoms with Crippen LogP contribution in [0.5, 0.6) is 0 Å². The molecule has 1 aromatic rings. The van der Waals surface area contributed by atoms with Gasteiger partial charge in [0.2, 0.25) is 0 Å². The molecule has 0 aliphatic heterocycles. The summed E-state index contributed by atoms with van der Waals surface area (Å²) in [5, 5.41) is 13.3. The number of nitrogens with one attached hydrogen (secondary N) is 2. The third kappa shape index (κ3) is 5.01. The first-order valence-electron chi connectivity index (χ1n) is 5.52. The third-order valence-corrected chi connectivity index (χ3v) is 2.29. The Kier molecular flexibility index (Phi) is 5.37. The number of Topliss-reactive ketones (excluding diaryl/α,β-unsaturated/α-hetero) is 1. The molecule has 3 N–H and O–H groups in total. The molecule has 0 fully saturated rings. The highest BCUT2D eigenvalue weighted by molar-refractivity contribution is 5.96. The molecule has 104 valence electrons. The molecule has 5 nitrogen and oxygen atoms in total. The number of alkyl halides is 2. The molecule has 2 amide bonds. The Morgan fingerprint density at radius 2 is 2.05 bits per heavy atom. The maximum atomic E-state index is 12.0. The lowest BCUT2D eigenvalue weighted by atomic mass is 10.1.